The largest absolute Gasteiger partial charge is 0.493 e. The van der Waals surface area contributed by atoms with Crippen molar-refractivity contribution in [2.75, 3.05) is 55.7 Å². The minimum atomic E-state index is -0.293. The second-order valence-corrected chi connectivity index (χ2v) is 10.3. The van der Waals surface area contributed by atoms with E-state index < -0.39 is 0 Å². The Morgan fingerprint density at radius 1 is 1.03 bits per heavy atom. The van der Waals surface area contributed by atoms with Crippen LogP contribution in [0, 0.1) is 16.0 Å². The lowest BCUT2D eigenvalue weighted by Gasteiger charge is -2.37. The van der Waals surface area contributed by atoms with E-state index in [0.29, 0.717) is 60.8 Å². The minimum Gasteiger partial charge on any atom is -0.493 e. The highest BCUT2D eigenvalue weighted by atomic mass is 32.1. The molecule has 2 saturated heterocycles. The van der Waals surface area contributed by atoms with Crippen LogP contribution < -0.4 is 19.9 Å². The maximum atomic E-state index is 12.8. The molecule has 2 aliphatic heterocycles. The third kappa shape index (κ3) is 6.88. The molecule has 2 aromatic carbocycles. The molecule has 0 radical (unpaired) electrons. The number of carbonyl (C=O) groups is 1. The first-order chi connectivity index (χ1) is 17.8. The number of piperazine rings is 1. The lowest BCUT2D eigenvalue weighted by atomic mass is 10.1. The summed E-state index contributed by atoms with van der Waals surface area (Å²) in [6.45, 7) is 9.12. The number of amides is 1. The Morgan fingerprint density at radius 3 is 2.43 bits per heavy atom. The van der Waals surface area contributed by atoms with Gasteiger partial charge in [-0.25, -0.2) is 0 Å². The zero-order valence-corrected chi connectivity index (χ0v) is 22.3. The van der Waals surface area contributed by atoms with Crippen molar-refractivity contribution in [1.82, 2.24) is 10.2 Å². The zero-order chi connectivity index (χ0) is 26.4. The molecule has 2 fully saturated rings. The number of nitro benzene ring substituents is 1. The van der Waals surface area contributed by atoms with Gasteiger partial charge in [0.05, 0.1) is 11.5 Å². The Hall–Kier alpha value is -3.40. The van der Waals surface area contributed by atoms with E-state index in [-0.39, 0.29) is 16.5 Å². The number of piperidine rings is 1. The SMILES string of the molecule is CC(C)COc1cccc(C(=O)NC(=S)N2CCN(c3ccc([N+](=O)[O-])c(N4CCCCC4)c3)CC2)c1. The Labute approximate surface area is 223 Å². The van der Waals surface area contributed by atoms with Crippen molar-refractivity contribution in [3.05, 3.63) is 58.1 Å². The molecule has 198 valence electrons. The molecule has 1 N–H and O–H groups in total. The van der Waals surface area contributed by atoms with E-state index in [2.05, 4.69) is 29.0 Å². The molecule has 37 heavy (non-hydrogen) atoms. The number of anilines is 2. The minimum absolute atomic E-state index is 0.159. The molecule has 2 aromatic rings. The lowest BCUT2D eigenvalue weighted by molar-refractivity contribution is -0.384. The van der Waals surface area contributed by atoms with Crippen molar-refractivity contribution in [1.29, 1.82) is 0 Å². The molecular weight excluding hydrogens is 490 g/mol. The predicted octanol–water partition coefficient (Wildman–Crippen LogP) is 4.46. The molecule has 4 rings (SSSR count). The Balaban J connectivity index is 1.35. The van der Waals surface area contributed by atoms with Gasteiger partial charge in [-0.1, -0.05) is 19.9 Å². The molecule has 0 unspecified atom stereocenters. The summed E-state index contributed by atoms with van der Waals surface area (Å²) in [5.74, 6) is 0.794. The van der Waals surface area contributed by atoms with Gasteiger partial charge in [0.25, 0.3) is 11.6 Å². The van der Waals surface area contributed by atoms with Crippen LogP contribution in [0.25, 0.3) is 0 Å². The third-order valence-corrected chi connectivity index (χ3v) is 7.04. The summed E-state index contributed by atoms with van der Waals surface area (Å²) in [7, 11) is 0. The molecule has 0 spiro atoms. The van der Waals surface area contributed by atoms with Crippen LogP contribution in [0.5, 0.6) is 5.75 Å². The first kappa shape index (κ1) is 26.7. The summed E-state index contributed by atoms with van der Waals surface area (Å²) in [4.78, 5) is 30.5. The van der Waals surface area contributed by atoms with Crippen LogP contribution in [0.4, 0.5) is 17.1 Å². The number of carbonyl (C=O) groups excluding carboxylic acids is 1. The average Bonchev–Trinajstić information content (AvgIpc) is 2.92. The maximum absolute atomic E-state index is 12.8. The van der Waals surface area contributed by atoms with E-state index >= 15 is 0 Å². The Kier molecular flexibility index (Phi) is 8.81. The fourth-order valence-electron chi connectivity index (χ4n) is 4.66. The zero-order valence-electron chi connectivity index (χ0n) is 21.5. The van der Waals surface area contributed by atoms with Gasteiger partial charge in [0.15, 0.2) is 5.11 Å². The van der Waals surface area contributed by atoms with E-state index in [4.69, 9.17) is 17.0 Å². The number of thiocarbonyl (C=S) groups is 1. The Morgan fingerprint density at radius 2 is 1.76 bits per heavy atom. The van der Waals surface area contributed by atoms with Gasteiger partial charge in [0, 0.05) is 56.6 Å². The summed E-state index contributed by atoms with van der Waals surface area (Å²) in [5.41, 5.74) is 2.33. The number of hydrogen-bond acceptors (Lipinski definition) is 7. The van der Waals surface area contributed by atoms with E-state index in [9.17, 15) is 14.9 Å². The van der Waals surface area contributed by atoms with E-state index in [1.807, 2.05) is 23.1 Å². The van der Waals surface area contributed by atoms with Crippen LogP contribution in [-0.2, 0) is 0 Å². The van der Waals surface area contributed by atoms with Crippen molar-refractivity contribution < 1.29 is 14.5 Å². The average molecular weight is 526 g/mol. The molecule has 0 bridgehead atoms. The molecule has 0 aliphatic carbocycles. The summed E-state index contributed by atoms with van der Waals surface area (Å²) >= 11 is 5.54. The van der Waals surface area contributed by atoms with Gasteiger partial charge in [-0.2, -0.15) is 0 Å². The fourth-order valence-corrected chi connectivity index (χ4v) is 4.93. The van der Waals surface area contributed by atoms with Gasteiger partial charge < -0.3 is 19.4 Å². The lowest BCUT2D eigenvalue weighted by Crippen LogP contribution is -2.52. The number of ether oxygens (including phenoxy) is 1. The normalized spacial score (nSPS) is 16.0. The van der Waals surface area contributed by atoms with Crippen LogP contribution in [-0.4, -0.2) is 66.7 Å². The van der Waals surface area contributed by atoms with Crippen molar-refractivity contribution in [2.45, 2.75) is 33.1 Å². The van der Waals surface area contributed by atoms with Gasteiger partial charge in [0.2, 0.25) is 0 Å². The Bertz CT molecular complexity index is 1130. The number of hydrogen-bond donors (Lipinski definition) is 1. The van der Waals surface area contributed by atoms with E-state index in [1.54, 1.807) is 24.3 Å². The molecular formula is C27H35N5O4S. The number of nitrogens with zero attached hydrogens (tertiary/aromatic N) is 4. The van der Waals surface area contributed by atoms with Gasteiger partial charge >= 0.3 is 0 Å². The number of nitrogens with one attached hydrogen (secondary N) is 1. The first-order valence-corrected chi connectivity index (χ1v) is 13.3. The van der Waals surface area contributed by atoms with Crippen LogP contribution >= 0.6 is 12.2 Å². The number of rotatable bonds is 7. The molecule has 2 heterocycles. The van der Waals surface area contributed by atoms with Crippen molar-refractivity contribution in [2.24, 2.45) is 5.92 Å². The summed E-state index contributed by atoms with van der Waals surface area (Å²) < 4.78 is 5.73. The molecule has 1 amide bonds. The molecule has 0 atom stereocenters. The molecule has 0 saturated carbocycles. The second kappa shape index (κ2) is 12.2. The van der Waals surface area contributed by atoms with Crippen LogP contribution in [0.3, 0.4) is 0 Å². The predicted molar refractivity (Wildman–Crippen MR) is 150 cm³/mol. The summed E-state index contributed by atoms with van der Waals surface area (Å²) in [5, 5.41) is 14.9. The quantitative estimate of drug-likeness (QED) is 0.322. The smallest absolute Gasteiger partial charge is 0.292 e. The molecule has 2 aliphatic rings. The fraction of sp³-hybridized carbons (Fsp3) is 0.481. The van der Waals surface area contributed by atoms with Gasteiger partial charge in [-0.15, -0.1) is 0 Å². The number of nitro groups is 1. The maximum Gasteiger partial charge on any atom is 0.292 e. The van der Waals surface area contributed by atoms with Gasteiger partial charge in [-0.05, 0) is 67.7 Å². The highest BCUT2D eigenvalue weighted by Crippen LogP contribution is 2.34. The summed E-state index contributed by atoms with van der Waals surface area (Å²) in [6.07, 6.45) is 3.27. The van der Waals surface area contributed by atoms with Crippen molar-refractivity contribution in [3.8, 4) is 5.75 Å². The highest BCUT2D eigenvalue weighted by molar-refractivity contribution is 7.80. The standard InChI is InChI=1S/C27H35N5O4S/c1-20(2)19-36-23-8-6-7-21(17-23)26(33)28-27(37)31-15-13-29(14-16-31)22-9-10-24(32(34)35)25(18-22)30-11-4-3-5-12-30/h6-10,17-18,20H,3-5,11-16,19H2,1-2H3,(H,28,33,37). The topological polar surface area (TPSA) is 91.2 Å². The van der Waals surface area contributed by atoms with Crippen molar-refractivity contribution >= 4 is 40.3 Å². The van der Waals surface area contributed by atoms with Gasteiger partial charge in [0.1, 0.15) is 11.4 Å². The van der Waals surface area contributed by atoms with E-state index in [1.165, 1.54) is 6.42 Å². The van der Waals surface area contributed by atoms with Crippen molar-refractivity contribution in [3.63, 3.8) is 0 Å². The first-order valence-electron chi connectivity index (χ1n) is 12.9. The van der Waals surface area contributed by atoms with Crippen LogP contribution in [0.15, 0.2) is 42.5 Å². The van der Waals surface area contributed by atoms with Gasteiger partial charge in [-0.3, -0.25) is 20.2 Å². The molecule has 0 aromatic heterocycles. The monoisotopic (exact) mass is 525 g/mol. The highest BCUT2D eigenvalue weighted by Gasteiger charge is 2.25. The van der Waals surface area contributed by atoms with Crippen LogP contribution in [0.2, 0.25) is 0 Å². The third-order valence-electron chi connectivity index (χ3n) is 6.68. The molecule has 10 heteroatoms. The summed E-state index contributed by atoms with van der Waals surface area (Å²) in [6, 6.07) is 12.5. The van der Waals surface area contributed by atoms with Crippen LogP contribution in [0.1, 0.15) is 43.5 Å². The molecule has 9 nitrogen and oxygen atoms in total. The van der Waals surface area contributed by atoms with E-state index in [0.717, 1.165) is 31.6 Å². The second-order valence-electron chi connectivity index (χ2n) is 9.94. The number of benzene rings is 2.